The van der Waals surface area contributed by atoms with Gasteiger partial charge in [0, 0.05) is 37.0 Å². The number of halogens is 2. The summed E-state index contributed by atoms with van der Waals surface area (Å²) in [6, 6.07) is 6.22. The van der Waals surface area contributed by atoms with Crippen LogP contribution in [0.1, 0.15) is 29.9 Å². The number of aromatic nitrogens is 4. The molecule has 2 N–H and O–H groups in total. The summed E-state index contributed by atoms with van der Waals surface area (Å²) >= 11 is 0. The van der Waals surface area contributed by atoms with Crippen molar-refractivity contribution in [2.75, 3.05) is 38.2 Å². The van der Waals surface area contributed by atoms with Gasteiger partial charge in [0.25, 0.3) is 0 Å². The number of aliphatic hydroxyl groups excluding tert-OH is 1. The first-order valence-corrected chi connectivity index (χ1v) is 10.7. The van der Waals surface area contributed by atoms with Crippen molar-refractivity contribution in [1.82, 2.24) is 25.1 Å². The highest BCUT2D eigenvalue weighted by atomic mass is 35.5. The summed E-state index contributed by atoms with van der Waals surface area (Å²) in [6.07, 6.45) is 2.00. The molecule has 10 heteroatoms. The molecule has 2 aliphatic rings. The predicted octanol–water partition coefficient (Wildman–Crippen LogP) is 2.54. The lowest BCUT2D eigenvalue weighted by Gasteiger charge is -2.28. The highest BCUT2D eigenvalue weighted by Gasteiger charge is 2.28. The first-order chi connectivity index (χ1) is 15.0. The van der Waals surface area contributed by atoms with Crippen LogP contribution in [0.4, 0.5) is 10.2 Å². The molecule has 2 aromatic heterocycles. The van der Waals surface area contributed by atoms with E-state index in [0.717, 1.165) is 41.5 Å². The second-order valence-electron chi connectivity index (χ2n) is 8.40. The van der Waals surface area contributed by atoms with E-state index >= 15 is 0 Å². The van der Waals surface area contributed by atoms with E-state index < -0.39 is 6.17 Å². The van der Waals surface area contributed by atoms with Gasteiger partial charge in [0.05, 0.1) is 24.9 Å². The summed E-state index contributed by atoms with van der Waals surface area (Å²) in [6.45, 7) is 4.48. The van der Waals surface area contributed by atoms with E-state index in [4.69, 9.17) is 4.74 Å². The molecular formula is C22H28ClFN6O2. The van der Waals surface area contributed by atoms with Gasteiger partial charge in [-0.1, -0.05) is 0 Å². The number of aryl methyl sites for hydroxylation is 1. The van der Waals surface area contributed by atoms with Crippen LogP contribution in [-0.2, 0) is 0 Å². The van der Waals surface area contributed by atoms with Crippen LogP contribution in [0.3, 0.4) is 0 Å². The van der Waals surface area contributed by atoms with Crippen LogP contribution in [0.2, 0.25) is 0 Å². The third-order valence-electron chi connectivity index (χ3n) is 6.33. The summed E-state index contributed by atoms with van der Waals surface area (Å²) in [4.78, 5) is 11.0. The number of piperidine rings is 1. The van der Waals surface area contributed by atoms with Crippen LogP contribution >= 0.6 is 12.4 Å². The van der Waals surface area contributed by atoms with Gasteiger partial charge in [0.15, 0.2) is 5.82 Å². The van der Waals surface area contributed by atoms with Gasteiger partial charge in [-0.15, -0.1) is 12.4 Å². The molecule has 0 amide bonds. The number of anilines is 1. The number of nitrogens with one attached hydrogen (secondary N) is 1. The third-order valence-corrected chi connectivity index (χ3v) is 6.33. The Balaban J connectivity index is 0.00000245. The molecule has 1 aromatic carbocycles. The van der Waals surface area contributed by atoms with Gasteiger partial charge in [0.2, 0.25) is 0 Å². The molecule has 5 rings (SSSR count). The molecule has 0 saturated carbocycles. The lowest BCUT2D eigenvalue weighted by molar-refractivity contribution is 0.198. The summed E-state index contributed by atoms with van der Waals surface area (Å²) < 4.78 is 21.8. The van der Waals surface area contributed by atoms with Crippen LogP contribution in [-0.4, -0.2) is 70.4 Å². The maximum atomic E-state index is 14.7. The van der Waals surface area contributed by atoms with Gasteiger partial charge < -0.3 is 20.1 Å². The molecule has 0 bridgehead atoms. The van der Waals surface area contributed by atoms with Crippen LogP contribution in [0.5, 0.6) is 6.01 Å². The molecule has 2 aliphatic heterocycles. The highest BCUT2D eigenvalue weighted by molar-refractivity contribution is 5.85. The van der Waals surface area contributed by atoms with E-state index in [2.05, 4.69) is 26.4 Å². The van der Waals surface area contributed by atoms with Gasteiger partial charge in [-0.25, -0.2) is 9.07 Å². The molecule has 0 radical (unpaired) electrons. The molecule has 2 saturated heterocycles. The monoisotopic (exact) mass is 462 g/mol. The van der Waals surface area contributed by atoms with Gasteiger partial charge in [-0.3, -0.25) is 0 Å². The zero-order valence-electron chi connectivity index (χ0n) is 18.2. The second kappa shape index (κ2) is 9.17. The summed E-state index contributed by atoms with van der Waals surface area (Å²) in [5.41, 5.74) is 2.97. The van der Waals surface area contributed by atoms with Crippen molar-refractivity contribution >= 4 is 29.1 Å². The third kappa shape index (κ3) is 4.12. The molecular weight excluding hydrogens is 435 g/mol. The minimum absolute atomic E-state index is 0. The molecule has 8 nitrogen and oxygen atoms in total. The van der Waals surface area contributed by atoms with Crippen molar-refractivity contribution in [3.63, 3.8) is 0 Å². The van der Waals surface area contributed by atoms with Crippen molar-refractivity contribution in [2.45, 2.75) is 38.0 Å². The Morgan fingerprint density at radius 3 is 2.72 bits per heavy atom. The maximum absolute atomic E-state index is 14.7. The Morgan fingerprint density at radius 1 is 1.19 bits per heavy atom. The van der Waals surface area contributed by atoms with Crippen molar-refractivity contribution in [3.8, 4) is 11.8 Å². The van der Waals surface area contributed by atoms with Crippen molar-refractivity contribution in [1.29, 1.82) is 0 Å². The van der Waals surface area contributed by atoms with E-state index in [1.165, 1.54) is 7.11 Å². The van der Waals surface area contributed by atoms with Crippen LogP contribution in [0.25, 0.3) is 16.7 Å². The number of benzene rings is 1. The quantitative estimate of drug-likeness (QED) is 0.616. The molecule has 32 heavy (non-hydrogen) atoms. The smallest absolute Gasteiger partial charge is 0.320 e. The average molecular weight is 463 g/mol. The lowest BCUT2D eigenvalue weighted by atomic mass is 9.85. The fourth-order valence-corrected chi connectivity index (χ4v) is 4.67. The van der Waals surface area contributed by atoms with E-state index in [1.807, 2.05) is 24.0 Å². The Bertz CT molecular complexity index is 1110. The van der Waals surface area contributed by atoms with Crippen molar-refractivity contribution in [2.24, 2.45) is 0 Å². The fraction of sp³-hybridized carbons (Fsp3) is 0.500. The summed E-state index contributed by atoms with van der Waals surface area (Å²) in [7, 11) is 1.53. The van der Waals surface area contributed by atoms with Crippen LogP contribution < -0.4 is 15.0 Å². The molecule has 0 spiro atoms. The van der Waals surface area contributed by atoms with Crippen molar-refractivity contribution in [3.05, 3.63) is 35.5 Å². The van der Waals surface area contributed by atoms with Gasteiger partial charge in [-0.2, -0.15) is 15.1 Å². The summed E-state index contributed by atoms with van der Waals surface area (Å²) in [5, 5.41) is 18.6. The topological polar surface area (TPSA) is 88.3 Å². The largest absolute Gasteiger partial charge is 0.467 e. The Labute approximate surface area is 192 Å². The normalized spacial score (nSPS) is 23.4. The number of aliphatic hydroxyl groups is 1. The molecule has 172 valence electrons. The Morgan fingerprint density at radius 2 is 2.00 bits per heavy atom. The zero-order chi connectivity index (χ0) is 21.5. The molecule has 2 fully saturated rings. The Hall–Kier alpha value is -2.49. The lowest BCUT2D eigenvalue weighted by Crippen LogP contribution is -2.36. The van der Waals surface area contributed by atoms with Crippen molar-refractivity contribution < 1.29 is 14.2 Å². The standard InChI is InChI=1S/C22H27FN6O2.ClH/c1-13-7-14-10-25-29(19(14)8-17(13)16-3-5-24-11-18(16)23)21-9-20(26-22(27-21)31-2)28-6-4-15(30)12-28;/h7-10,15-16,18,24,30H,3-6,11-12H2,1-2H3;1H/t15?,16-,18+;/m0./s1. The van der Waals surface area contributed by atoms with Gasteiger partial charge in [0.1, 0.15) is 12.0 Å². The molecule has 4 heterocycles. The SMILES string of the molecule is COc1nc(N2CCC(O)C2)cc(-n2ncc3cc(C)c([C@@H]4CCNC[C@H]4F)cc32)n1.Cl. The number of β-amino-alcohol motifs (C(OH)–C–C–N with tert-alkyl or cyclic N) is 1. The molecule has 1 unspecified atom stereocenters. The molecule has 0 aliphatic carbocycles. The fourth-order valence-electron chi connectivity index (χ4n) is 4.67. The number of nitrogens with zero attached hydrogens (tertiary/aromatic N) is 5. The number of hydrogen-bond acceptors (Lipinski definition) is 7. The first kappa shape index (κ1) is 22.7. The molecule has 3 atom stereocenters. The predicted molar refractivity (Wildman–Crippen MR) is 123 cm³/mol. The second-order valence-corrected chi connectivity index (χ2v) is 8.40. The average Bonchev–Trinajstić information content (AvgIpc) is 3.39. The van der Waals surface area contributed by atoms with E-state index in [0.29, 0.717) is 31.1 Å². The van der Waals surface area contributed by atoms with E-state index in [9.17, 15) is 9.50 Å². The Kier molecular flexibility index (Phi) is 6.50. The number of alkyl halides is 1. The minimum atomic E-state index is -0.909. The maximum Gasteiger partial charge on any atom is 0.320 e. The minimum Gasteiger partial charge on any atom is -0.467 e. The van der Waals surface area contributed by atoms with Gasteiger partial charge in [-0.05, 0) is 49.6 Å². The number of fused-ring (bicyclic) bond motifs is 1. The number of rotatable bonds is 4. The first-order valence-electron chi connectivity index (χ1n) is 10.7. The van der Waals surface area contributed by atoms with Crippen LogP contribution in [0, 0.1) is 6.92 Å². The van der Waals surface area contributed by atoms with Crippen LogP contribution in [0.15, 0.2) is 24.4 Å². The molecule has 3 aromatic rings. The van der Waals surface area contributed by atoms with Gasteiger partial charge >= 0.3 is 6.01 Å². The van der Waals surface area contributed by atoms with E-state index in [1.54, 1.807) is 10.9 Å². The van der Waals surface area contributed by atoms with E-state index in [-0.39, 0.29) is 30.4 Å². The number of ether oxygens (including phenoxy) is 1. The highest BCUT2D eigenvalue weighted by Crippen LogP contribution is 2.33. The zero-order valence-corrected chi connectivity index (χ0v) is 19.0. The number of hydrogen-bond donors (Lipinski definition) is 2. The number of methoxy groups -OCH3 is 1. The summed E-state index contributed by atoms with van der Waals surface area (Å²) in [5.74, 6) is 1.14.